The molecule has 182 valence electrons. The molecule has 3 aromatic carbocycles. The number of nitro groups is 1. The molecule has 0 saturated carbocycles. The molecular formula is C22H17Br2N3O7S. The van der Waals surface area contributed by atoms with Crippen LogP contribution < -0.4 is 14.3 Å². The zero-order valence-corrected chi connectivity index (χ0v) is 22.0. The first-order valence-corrected chi connectivity index (χ1v) is 12.8. The van der Waals surface area contributed by atoms with Crippen LogP contribution in [0.5, 0.6) is 11.5 Å². The Bertz CT molecular complexity index is 1390. The highest BCUT2D eigenvalue weighted by molar-refractivity contribution is 9.10. The van der Waals surface area contributed by atoms with Gasteiger partial charge in [-0.05, 0) is 80.7 Å². The zero-order valence-electron chi connectivity index (χ0n) is 18.0. The first kappa shape index (κ1) is 26.3. The molecule has 35 heavy (non-hydrogen) atoms. The van der Waals surface area contributed by atoms with Crippen LogP contribution in [0.15, 0.2) is 79.6 Å². The molecule has 1 amide bonds. The first-order chi connectivity index (χ1) is 16.6. The molecule has 0 heterocycles. The molecule has 0 aliphatic rings. The largest absolute Gasteiger partial charge is 0.490 e. The number of halogens is 2. The molecular weight excluding hydrogens is 610 g/mol. The minimum absolute atomic E-state index is 0.103. The summed E-state index contributed by atoms with van der Waals surface area (Å²) >= 11 is 6.58. The normalized spacial score (nSPS) is 11.3. The number of amides is 1. The summed E-state index contributed by atoms with van der Waals surface area (Å²) in [5.74, 6) is -0.433. The van der Waals surface area contributed by atoms with E-state index >= 15 is 0 Å². The summed E-state index contributed by atoms with van der Waals surface area (Å²) in [5, 5.41) is 14.8. The highest BCUT2D eigenvalue weighted by Crippen LogP contribution is 2.38. The van der Waals surface area contributed by atoms with Crippen LogP contribution in [0, 0.1) is 10.1 Å². The van der Waals surface area contributed by atoms with Gasteiger partial charge in [0.2, 0.25) is 0 Å². The fourth-order valence-electron chi connectivity index (χ4n) is 2.77. The van der Waals surface area contributed by atoms with Gasteiger partial charge in [-0.1, -0.05) is 12.1 Å². The minimum atomic E-state index is -4.32. The maximum atomic E-state index is 12.7. The summed E-state index contributed by atoms with van der Waals surface area (Å²) < 4.78 is 37.2. The lowest BCUT2D eigenvalue weighted by atomic mass is 10.2. The number of nitrogens with one attached hydrogen (secondary N) is 1. The van der Waals surface area contributed by atoms with E-state index in [1.807, 2.05) is 0 Å². The van der Waals surface area contributed by atoms with Gasteiger partial charge < -0.3 is 8.92 Å². The third kappa shape index (κ3) is 6.65. The quantitative estimate of drug-likeness (QED) is 0.152. The standard InChI is InChI=1S/C22H17Br2N3O7S/c1-2-33-20-12-14(13-25-26-22(28)17-5-3-4-6-18(17)23)11-19(24)21(20)34-35(31,32)16-9-7-15(8-10-16)27(29)30/h3-13H,2H2,1H3,(H,26,28)/b25-13-. The molecule has 0 bridgehead atoms. The van der Waals surface area contributed by atoms with Gasteiger partial charge in [-0.25, -0.2) is 5.43 Å². The summed E-state index contributed by atoms with van der Waals surface area (Å²) in [7, 11) is -4.32. The molecule has 3 rings (SSSR count). The van der Waals surface area contributed by atoms with Crippen molar-refractivity contribution in [3.8, 4) is 11.5 Å². The molecule has 0 unspecified atom stereocenters. The fraction of sp³-hybridized carbons (Fsp3) is 0.0909. The Kier molecular flexibility index (Phi) is 8.59. The van der Waals surface area contributed by atoms with Crippen molar-refractivity contribution < 1.29 is 27.1 Å². The summed E-state index contributed by atoms with van der Waals surface area (Å²) in [6, 6.07) is 14.2. The van der Waals surface area contributed by atoms with Crippen molar-refractivity contribution >= 4 is 59.8 Å². The van der Waals surface area contributed by atoms with Gasteiger partial charge in [-0.15, -0.1) is 0 Å². The van der Waals surface area contributed by atoms with Crippen LogP contribution in [0.25, 0.3) is 0 Å². The Labute approximate surface area is 217 Å². The number of hydrazone groups is 1. The van der Waals surface area contributed by atoms with Crippen LogP contribution in [0.2, 0.25) is 0 Å². The monoisotopic (exact) mass is 625 g/mol. The van der Waals surface area contributed by atoms with Gasteiger partial charge in [-0.3, -0.25) is 14.9 Å². The molecule has 13 heteroatoms. The fourth-order valence-corrected chi connectivity index (χ4v) is 4.84. The Balaban J connectivity index is 1.83. The van der Waals surface area contributed by atoms with Crippen LogP contribution in [-0.4, -0.2) is 32.1 Å². The lowest BCUT2D eigenvalue weighted by Gasteiger charge is -2.14. The van der Waals surface area contributed by atoms with Crippen LogP contribution in [0.4, 0.5) is 5.69 Å². The molecule has 10 nitrogen and oxygen atoms in total. The highest BCUT2D eigenvalue weighted by atomic mass is 79.9. The molecule has 0 aliphatic heterocycles. The van der Waals surface area contributed by atoms with Crippen LogP contribution in [0.3, 0.4) is 0 Å². The second-order valence-corrected chi connectivity index (χ2v) is 9.99. The van der Waals surface area contributed by atoms with E-state index in [1.54, 1.807) is 31.2 Å². The second kappa shape index (κ2) is 11.4. The number of hydrogen-bond acceptors (Lipinski definition) is 8. The average Bonchev–Trinajstić information content (AvgIpc) is 2.81. The minimum Gasteiger partial charge on any atom is -0.490 e. The topological polar surface area (TPSA) is 137 Å². The van der Waals surface area contributed by atoms with Crippen molar-refractivity contribution in [2.45, 2.75) is 11.8 Å². The number of non-ortho nitro benzene ring substituents is 1. The van der Waals surface area contributed by atoms with E-state index < -0.39 is 20.9 Å². The third-order valence-electron chi connectivity index (χ3n) is 4.36. The lowest BCUT2D eigenvalue weighted by molar-refractivity contribution is -0.384. The predicted octanol–water partition coefficient (Wildman–Crippen LogP) is 5.05. The Morgan fingerprint density at radius 1 is 1.11 bits per heavy atom. The maximum absolute atomic E-state index is 12.7. The molecule has 0 saturated heterocycles. The van der Waals surface area contributed by atoms with E-state index in [1.165, 1.54) is 18.3 Å². The van der Waals surface area contributed by atoms with Crippen molar-refractivity contribution in [2.24, 2.45) is 5.10 Å². The van der Waals surface area contributed by atoms with Crippen LogP contribution in [0.1, 0.15) is 22.8 Å². The molecule has 0 fully saturated rings. The number of benzene rings is 3. The van der Waals surface area contributed by atoms with Gasteiger partial charge >= 0.3 is 10.1 Å². The smallest absolute Gasteiger partial charge is 0.339 e. The van der Waals surface area contributed by atoms with Gasteiger partial charge in [0.25, 0.3) is 11.6 Å². The van der Waals surface area contributed by atoms with E-state index in [-0.39, 0.29) is 33.2 Å². The summed E-state index contributed by atoms with van der Waals surface area (Å²) in [6.07, 6.45) is 1.36. The Morgan fingerprint density at radius 2 is 1.80 bits per heavy atom. The number of nitrogens with zero attached hydrogens (tertiary/aromatic N) is 2. The van der Waals surface area contributed by atoms with Crippen molar-refractivity contribution in [1.29, 1.82) is 0 Å². The molecule has 0 aromatic heterocycles. The first-order valence-electron chi connectivity index (χ1n) is 9.85. The van der Waals surface area contributed by atoms with E-state index in [0.29, 0.717) is 15.6 Å². The Morgan fingerprint density at radius 3 is 2.43 bits per heavy atom. The highest BCUT2D eigenvalue weighted by Gasteiger charge is 2.23. The van der Waals surface area contributed by atoms with E-state index in [2.05, 4.69) is 42.4 Å². The molecule has 1 N–H and O–H groups in total. The SMILES string of the molecule is CCOc1cc(/C=N\NC(=O)c2ccccc2Br)cc(Br)c1OS(=O)(=O)c1ccc([N+](=O)[O-])cc1. The average molecular weight is 627 g/mol. The number of carbonyl (C=O) groups is 1. The lowest BCUT2D eigenvalue weighted by Crippen LogP contribution is -2.18. The number of carbonyl (C=O) groups excluding carboxylic acids is 1. The van der Waals surface area contributed by atoms with Gasteiger partial charge in [0, 0.05) is 16.6 Å². The zero-order chi connectivity index (χ0) is 25.6. The predicted molar refractivity (Wildman–Crippen MR) is 135 cm³/mol. The summed E-state index contributed by atoms with van der Waals surface area (Å²) in [6.45, 7) is 1.92. The van der Waals surface area contributed by atoms with Gasteiger partial charge in [0.1, 0.15) is 4.90 Å². The van der Waals surface area contributed by atoms with Crippen molar-refractivity contribution in [2.75, 3.05) is 6.61 Å². The van der Waals surface area contributed by atoms with Crippen molar-refractivity contribution in [1.82, 2.24) is 5.43 Å². The van der Waals surface area contributed by atoms with Crippen molar-refractivity contribution in [3.05, 3.63) is 90.9 Å². The molecule has 0 radical (unpaired) electrons. The van der Waals surface area contributed by atoms with E-state index in [9.17, 15) is 23.3 Å². The van der Waals surface area contributed by atoms with Gasteiger partial charge in [-0.2, -0.15) is 13.5 Å². The summed E-state index contributed by atoms with van der Waals surface area (Å²) in [5.41, 5.74) is 3.04. The van der Waals surface area contributed by atoms with Crippen molar-refractivity contribution in [3.63, 3.8) is 0 Å². The molecule has 0 aliphatic carbocycles. The summed E-state index contributed by atoms with van der Waals surface area (Å²) in [4.78, 5) is 22.2. The van der Waals surface area contributed by atoms with E-state index in [4.69, 9.17) is 8.92 Å². The molecule has 0 spiro atoms. The Hall–Kier alpha value is -3.29. The number of ether oxygens (including phenoxy) is 1. The number of rotatable bonds is 9. The molecule has 3 aromatic rings. The number of nitro benzene ring substituents is 1. The maximum Gasteiger partial charge on any atom is 0.339 e. The van der Waals surface area contributed by atoms with Gasteiger partial charge in [0.05, 0.1) is 27.8 Å². The van der Waals surface area contributed by atoms with Gasteiger partial charge in [0.15, 0.2) is 11.5 Å². The number of hydrogen-bond donors (Lipinski definition) is 1. The van der Waals surface area contributed by atoms with Crippen LogP contribution >= 0.6 is 31.9 Å². The third-order valence-corrected chi connectivity index (χ3v) is 6.88. The van der Waals surface area contributed by atoms with Crippen LogP contribution in [-0.2, 0) is 10.1 Å². The second-order valence-electron chi connectivity index (χ2n) is 6.73. The molecule has 0 atom stereocenters. The van der Waals surface area contributed by atoms with E-state index in [0.717, 1.165) is 24.3 Å².